The van der Waals surface area contributed by atoms with E-state index in [1.54, 1.807) is 6.07 Å². The van der Waals surface area contributed by atoms with Crippen LogP contribution in [0.25, 0.3) is 5.70 Å². The predicted molar refractivity (Wildman–Crippen MR) is 93.6 cm³/mol. The number of hydrogen-bond acceptors (Lipinski definition) is 3. The zero-order valence-electron chi connectivity index (χ0n) is 12.7. The first kappa shape index (κ1) is 16.3. The van der Waals surface area contributed by atoms with Crippen LogP contribution in [0.1, 0.15) is 5.56 Å². The molecule has 1 aliphatic heterocycles. The molecule has 0 radical (unpaired) electrons. The van der Waals surface area contributed by atoms with Crippen LogP contribution in [0.2, 0.25) is 0 Å². The number of benzene rings is 2. The summed E-state index contributed by atoms with van der Waals surface area (Å²) in [5.41, 5.74) is 1.94. The fraction of sp³-hybridized carbons (Fsp3) is 0.111. The van der Waals surface area contributed by atoms with Crippen molar-refractivity contribution in [2.45, 2.75) is 0 Å². The smallest absolute Gasteiger partial charge is 0.244 e. The van der Waals surface area contributed by atoms with E-state index >= 15 is 0 Å². The zero-order valence-corrected chi connectivity index (χ0v) is 13.6. The number of rotatable bonds is 4. The number of amides is 2. The molecule has 2 aromatic rings. The number of carbonyl (C=O) groups is 2. The summed E-state index contributed by atoms with van der Waals surface area (Å²) >= 11 is 1.41. The Morgan fingerprint density at radius 2 is 1.96 bits per heavy atom. The predicted octanol–water partition coefficient (Wildman–Crippen LogP) is 3.34. The normalized spacial score (nSPS) is 14.3. The molecule has 1 aliphatic rings. The van der Waals surface area contributed by atoms with Crippen molar-refractivity contribution < 1.29 is 14.0 Å². The molecule has 0 bridgehead atoms. The molecule has 6 heteroatoms. The van der Waals surface area contributed by atoms with E-state index < -0.39 is 5.82 Å². The Morgan fingerprint density at radius 3 is 2.71 bits per heavy atom. The van der Waals surface area contributed by atoms with Gasteiger partial charge in [-0.1, -0.05) is 36.4 Å². The van der Waals surface area contributed by atoms with Crippen molar-refractivity contribution in [1.29, 1.82) is 0 Å². The molecule has 2 aromatic carbocycles. The molecule has 1 heterocycles. The van der Waals surface area contributed by atoms with Crippen molar-refractivity contribution >= 4 is 35.0 Å². The Kier molecular flexibility index (Phi) is 4.96. The highest BCUT2D eigenvalue weighted by Gasteiger charge is 2.25. The summed E-state index contributed by atoms with van der Waals surface area (Å²) in [6.07, 6.45) is 0. The van der Waals surface area contributed by atoms with Gasteiger partial charge in [0.05, 0.1) is 11.4 Å². The monoisotopic (exact) mass is 342 g/mol. The maximum atomic E-state index is 13.2. The highest BCUT2D eigenvalue weighted by Crippen LogP contribution is 2.28. The van der Waals surface area contributed by atoms with E-state index in [0.717, 1.165) is 5.56 Å². The zero-order chi connectivity index (χ0) is 16.9. The third-order valence-electron chi connectivity index (χ3n) is 3.47. The molecule has 0 saturated carbocycles. The minimum absolute atomic E-state index is 0.114. The highest BCUT2D eigenvalue weighted by molar-refractivity contribution is 8.03. The number of halogens is 1. The molecule has 0 fully saturated rings. The van der Waals surface area contributed by atoms with Crippen molar-refractivity contribution in [3.63, 3.8) is 0 Å². The molecule has 0 aliphatic carbocycles. The SMILES string of the molecule is O=C(CN1C(=O)CSC=C1c1ccccc1)Nc1cccc(F)c1. The molecular weight excluding hydrogens is 327 g/mol. The summed E-state index contributed by atoms with van der Waals surface area (Å²) in [5, 5.41) is 4.50. The number of anilines is 1. The van der Waals surface area contributed by atoms with Crippen molar-refractivity contribution in [3.8, 4) is 0 Å². The molecule has 2 amide bonds. The molecular formula is C18H15FN2O2S. The molecule has 0 spiro atoms. The van der Waals surface area contributed by atoms with Gasteiger partial charge in [-0.05, 0) is 29.2 Å². The van der Waals surface area contributed by atoms with E-state index in [1.165, 1.54) is 34.9 Å². The van der Waals surface area contributed by atoms with Gasteiger partial charge in [0.1, 0.15) is 12.4 Å². The average Bonchev–Trinajstić information content (AvgIpc) is 2.57. The lowest BCUT2D eigenvalue weighted by Gasteiger charge is -2.28. The van der Waals surface area contributed by atoms with Crippen molar-refractivity contribution in [1.82, 2.24) is 4.90 Å². The Labute approximate surface area is 143 Å². The maximum Gasteiger partial charge on any atom is 0.244 e. The van der Waals surface area contributed by atoms with E-state index in [-0.39, 0.29) is 18.4 Å². The molecule has 4 nitrogen and oxygen atoms in total. The maximum absolute atomic E-state index is 13.2. The van der Waals surface area contributed by atoms with Crippen LogP contribution < -0.4 is 5.32 Å². The minimum Gasteiger partial charge on any atom is -0.324 e. The number of nitrogens with zero attached hydrogens (tertiary/aromatic N) is 1. The summed E-state index contributed by atoms with van der Waals surface area (Å²) in [7, 11) is 0. The van der Waals surface area contributed by atoms with Crippen molar-refractivity contribution in [2.75, 3.05) is 17.6 Å². The second-order valence-corrected chi connectivity index (χ2v) is 6.08. The average molecular weight is 342 g/mol. The van der Waals surface area contributed by atoms with E-state index in [1.807, 2.05) is 35.7 Å². The van der Waals surface area contributed by atoms with Gasteiger partial charge in [0, 0.05) is 5.69 Å². The molecule has 0 atom stereocenters. The summed E-state index contributed by atoms with van der Waals surface area (Å²) in [4.78, 5) is 26.0. The lowest BCUT2D eigenvalue weighted by Crippen LogP contribution is -2.39. The summed E-state index contributed by atoms with van der Waals surface area (Å²) in [5.74, 6) is -0.634. The lowest BCUT2D eigenvalue weighted by molar-refractivity contribution is -0.129. The van der Waals surface area contributed by atoms with Crippen LogP contribution in [0.15, 0.2) is 60.0 Å². The Bertz CT molecular complexity index is 793. The number of thioether (sulfide) groups is 1. The molecule has 24 heavy (non-hydrogen) atoms. The Hall–Kier alpha value is -2.60. The van der Waals surface area contributed by atoms with Gasteiger partial charge in [0.2, 0.25) is 11.8 Å². The molecule has 3 rings (SSSR count). The van der Waals surface area contributed by atoms with Crippen molar-refractivity contribution in [2.24, 2.45) is 0 Å². The van der Waals surface area contributed by atoms with Crippen LogP contribution in [-0.4, -0.2) is 29.0 Å². The van der Waals surface area contributed by atoms with Gasteiger partial charge in [-0.15, -0.1) is 11.8 Å². The van der Waals surface area contributed by atoms with Crippen LogP contribution in [-0.2, 0) is 9.59 Å². The van der Waals surface area contributed by atoms with Crippen LogP contribution in [0, 0.1) is 5.82 Å². The first-order valence-corrected chi connectivity index (χ1v) is 8.41. The first-order chi connectivity index (χ1) is 11.6. The molecule has 0 aromatic heterocycles. The highest BCUT2D eigenvalue weighted by atomic mass is 32.2. The number of carbonyl (C=O) groups excluding carboxylic acids is 2. The standard InChI is InChI=1S/C18H15FN2O2S/c19-14-7-4-8-15(9-14)20-17(22)10-21-16(11-24-12-18(21)23)13-5-2-1-3-6-13/h1-9,11H,10,12H2,(H,20,22). The second kappa shape index (κ2) is 7.31. The molecule has 1 N–H and O–H groups in total. The summed E-state index contributed by atoms with van der Waals surface area (Å²) in [6.45, 7) is -0.114. The Morgan fingerprint density at radius 1 is 1.17 bits per heavy atom. The molecule has 0 saturated heterocycles. The molecule has 0 unspecified atom stereocenters. The topological polar surface area (TPSA) is 49.4 Å². The number of hydrogen-bond donors (Lipinski definition) is 1. The third-order valence-corrected chi connectivity index (χ3v) is 4.28. The van der Waals surface area contributed by atoms with E-state index in [9.17, 15) is 14.0 Å². The minimum atomic E-state index is -0.428. The summed E-state index contributed by atoms with van der Waals surface area (Å²) < 4.78 is 13.2. The van der Waals surface area contributed by atoms with Gasteiger partial charge >= 0.3 is 0 Å². The second-order valence-electron chi connectivity index (χ2n) is 5.22. The van der Waals surface area contributed by atoms with E-state index in [4.69, 9.17) is 0 Å². The largest absolute Gasteiger partial charge is 0.324 e. The van der Waals surface area contributed by atoms with Gasteiger partial charge in [-0.2, -0.15) is 0 Å². The summed E-state index contributed by atoms with van der Waals surface area (Å²) in [6, 6.07) is 15.1. The fourth-order valence-electron chi connectivity index (χ4n) is 2.38. The third kappa shape index (κ3) is 3.83. The van der Waals surface area contributed by atoms with Crippen LogP contribution in [0.3, 0.4) is 0 Å². The Balaban J connectivity index is 1.76. The van der Waals surface area contributed by atoms with Gasteiger partial charge in [0.25, 0.3) is 0 Å². The molecule has 122 valence electrons. The van der Waals surface area contributed by atoms with Gasteiger partial charge < -0.3 is 10.2 Å². The van der Waals surface area contributed by atoms with Crippen LogP contribution >= 0.6 is 11.8 Å². The van der Waals surface area contributed by atoms with Crippen LogP contribution in [0.4, 0.5) is 10.1 Å². The first-order valence-electron chi connectivity index (χ1n) is 7.36. The van der Waals surface area contributed by atoms with Gasteiger partial charge in [-0.25, -0.2) is 4.39 Å². The number of nitrogens with one attached hydrogen (secondary N) is 1. The van der Waals surface area contributed by atoms with Crippen LogP contribution in [0.5, 0.6) is 0 Å². The van der Waals surface area contributed by atoms with Gasteiger partial charge in [0.15, 0.2) is 0 Å². The fourth-order valence-corrected chi connectivity index (χ4v) is 3.19. The van der Waals surface area contributed by atoms with E-state index in [0.29, 0.717) is 17.1 Å². The van der Waals surface area contributed by atoms with E-state index in [2.05, 4.69) is 5.32 Å². The van der Waals surface area contributed by atoms with Crippen molar-refractivity contribution in [3.05, 3.63) is 71.4 Å². The van der Waals surface area contributed by atoms with Gasteiger partial charge in [-0.3, -0.25) is 9.59 Å². The quantitative estimate of drug-likeness (QED) is 0.927. The lowest BCUT2D eigenvalue weighted by atomic mass is 10.1.